The Morgan fingerprint density at radius 3 is 2.52 bits per heavy atom. The molecule has 21 heavy (non-hydrogen) atoms. The first-order chi connectivity index (χ1) is 9.89. The van der Waals surface area contributed by atoms with E-state index in [2.05, 4.69) is 27.3 Å². The second-order valence-corrected chi connectivity index (χ2v) is 7.88. The molecule has 2 aromatic rings. The van der Waals surface area contributed by atoms with Gasteiger partial charge in [0.15, 0.2) is 0 Å². The molecule has 0 fully saturated rings. The molecule has 7 heteroatoms. The van der Waals surface area contributed by atoms with Crippen LogP contribution >= 0.6 is 34.2 Å². The van der Waals surface area contributed by atoms with Crippen LogP contribution in [-0.2, 0) is 22.3 Å². The normalized spacial score (nSPS) is 11.4. The number of nitrogens with two attached hydrogens (primary N) is 1. The number of hydrogen-bond acceptors (Lipinski definition) is 3. The Morgan fingerprint density at radius 2 is 1.86 bits per heavy atom. The quantitative estimate of drug-likeness (QED) is 0.706. The summed E-state index contributed by atoms with van der Waals surface area (Å²) in [6, 6.07) is 12.3. The lowest BCUT2D eigenvalue weighted by atomic mass is 10.1. The zero-order valence-electron chi connectivity index (χ0n) is 11.0. The van der Waals surface area contributed by atoms with Crippen LogP contribution in [0.5, 0.6) is 0 Å². The number of anilines is 1. The molecule has 2 rings (SSSR count). The Hall–Kier alpha value is -0.830. The zero-order chi connectivity index (χ0) is 15.5. The predicted molar refractivity (Wildman–Crippen MR) is 94.7 cm³/mol. The van der Waals surface area contributed by atoms with Crippen LogP contribution in [0.25, 0.3) is 0 Å². The van der Waals surface area contributed by atoms with Gasteiger partial charge in [0.05, 0.1) is 16.5 Å². The van der Waals surface area contributed by atoms with Crippen LogP contribution in [0.3, 0.4) is 0 Å². The van der Waals surface area contributed by atoms with Crippen molar-refractivity contribution in [3.8, 4) is 0 Å². The van der Waals surface area contributed by atoms with Gasteiger partial charge in [-0.3, -0.25) is 4.72 Å². The number of rotatable bonds is 5. The SMILES string of the molecule is NCc1cccc(CS(=O)(=O)Nc2ccc(I)cc2Cl)c1. The summed E-state index contributed by atoms with van der Waals surface area (Å²) < 4.78 is 27.9. The molecular weight excluding hydrogens is 423 g/mol. The van der Waals surface area contributed by atoms with Gasteiger partial charge in [-0.05, 0) is 51.9 Å². The fourth-order valence-electron chi connectivity index (χ4n) is 1.84. The van der Waals surface area contributed by atoms with Crippen molar-refractivity contribution in [3.05, 3.63) is 62.2 Å². The van der Waals surface area contributed by atoms with Crippen LogP contribution in [-0.4, -0.2) is 8.42 Å². The first-order valence-electron chi connectivity index (χ1n) is 6.13. The molecule has 4 nitrogen and oxygen atoms in total. The van der Waals surface area contributed by atoms with Gasteiger partial charge in [0.1, 0.15) is 0 Å². The van der Waals surface area contributed by atoms with Gasteiger partial charge in [-0.25, -0.2) is 8.42 Å². The first kappa shape index (κ1) is 16.5. The average Bonchev–Trinajstić information content (AvgIpc) is 2.41. The van der Waals surface area contributed by atoms with Gasteiger partial charge in [-0.1, -0.05) is 35.9 Å². The maximum Gasteiger partial charge on any atom is 0.236 e. The third kappa shape index (κ3) is 4.84. The van der Waals surface area contributed by atoms with Crippen molar-refractivity contribution in [2.75, 3.05) is 4.72 Å². The van der Waals surface area contributed by atoms with E-state index in [9.17, 15) is 8.42 Å². The summed E-state index contributed by atoms with van der Waals surface area (Å²) in [6.45, 7) is 0.379. The van der Waals surface area contributed by atoms with E-state index >= 15 is 0 Å². The molecule has 0 heterocycles. The van der Waals surface area contributed by atoms with Gasteiger partial charge >= 0.3 is 0 Å². The predicted octanol–water partition coefficient (Wildman–Crippen LogP) is 3.35. The van der Waals surface area contributed by atoms with Crippen LogP contribution < -0.4 is 10.5 Å². The van der Waals surface area contributed by atoms with Crippen LogP contribution in [0.15, 0.2) is 42.5 Å². The van der Waals surface area contributed by atoms with E-state index < -0.39 is 10.0 Å². The molecule has 0 amide bonds. The Balaban J connectivity index is 2.18. The molecule has 0 radical (unpaired) electrons. The van der Waals surface area contributed by atoms with Gasteiger partial charge in [-0.2, -0.15) is 0 Å². The van der Waals surface area contributed by atoms with Crippen LogP contribution in [0, 0.1) is 3.57 Å². The lowest BCUT2D eigenvalue weighted by molar-refractivity contribution is 0.600. The van der Waals surface area contributed by atoms with Crippen molar-refractivity contribution in [2.45, 2.75) is 12.3 Å². The minimum Gasteiger partial charge on any atom is -0.326 e. The number of benzene rings is 2. The monoisotopic (exact) mass is 436 g/mol. The molecule has 0 aliphatic heterocycles. The molecule has 2 aromatic carbocycles. The molecule has 0 saturated heterocycles. The summed E-state index contributed by atoms with van der Waals surface area (Å²) in [5, 5.41) is 0.376. The molecule has 0 saturated carbocycles. The molecule has 0 aliphatic carbocycles. The minimum atomic E-state index is -3.53. The summed E-state index contributed by atoms with van der Waals surface area (Å²) in [7, 11) is -3.53. The number of sulfonamides is 1. The third-order valence-corrected chi connectivity index (χ3v) is 5.01. The highest BCUT2D eigenvalue weighted by atomic mass is 127. The van der Waals surface area contributed by atoms with Crippen molar-refractivity contribution in [2.24, 2.45) is 5.73 Å². The highest BCUT2D eigenvalue weighted by Gasteiger charge is 2.14. The maximum absolute atomic E-state index is 12.2. The van der Waals surface area contributed by atoms with E-state index in [0.29, 0.717) is 22.8 Å². The molecular formula is C14H14ClIN2O2S. The van der Waals surface area contributed by atoms with E-state index in [1.807, 2.05) is 6.07 Å². The minimum absolute atomic E-state index is 0.122. The molecule has 3 N–H and O–H groups in total. The topological polar surface area (TPSA) is 72.2 Å². The fraction of sp³-hybridized carbons (Fsp3) is 0.143. The molecule has 0 unspecified atom stereocenters. The average molecular weight is 437 g/mol. The highest BCUT2D eigenvalue weighted by molar-refractivity contribution is 14.1. The van der Waals surface area contributed by atoms with Crippen LogP contribution in [0.4, 0.5) is 5.69 Å². The Morgan fingerprint density at radius 1 is 1.14 bits per heavy atom. The van der Waals surface area contributed by atoms with Crippen molar-refractivity contribution in [3.63, 3.8) is 0 Å². The number of hydrogen-bond donors (Lipinski definition) is 2. The molecule has 0 bridgehead atoms. The number of halogens is 2. The van der Waals surface area contributed by atoms with Crippen molar-refractivity contribution in [1.82, 2.24) is 0 Å². The second kappa shape index (κ2) is 6.95. The lowest BCUT2D eigenvalue weighted by Gasteiger charge is -2.10. The smallest absolute Gasteiger partial charge is 0.236 e. The Kier molecular flexibility index (Phi) is 5.48. The van der Waals surface area contributed by atoms with Crippen molar-refractivity contribution < 1.29 is 8.42 Å². The first-order valence-corrected chi connectivity index (χ1v) is 9.24. The summed E-state index contributed by atoms with van der Waals surface area (Å²) in [5.74, 6) is -0.122. The van der Waals surface area contributed by atoms with E-state index in [0.717, 1.165) is 9.13 Å². The van der Waals surface area contributed by atoms with Crippen molar-refractivity contribution >= 4 is 49.9 Å². The van der Waals surface area contributed by atoms with Crippen molar-refractivity contribution in [1.29, 1.82) is 0 Å². The molecule has 112 valence electrons. The molecule has 0 spiro atoms. The zero-order valence-corrected chi connectivity index (χ0v) is 14.7. The molecule has 0 aliphatic rings. The summed E-state index contributed by atoms with van der Waals surface area (Å²) >= 11 is 8.15. The van der Waals surface area contributed by atoms with Gasteiger partial charge in [0, 0.05) is 10.1 Å². The molecule has 0 aromatic heterocycles. The van der Waals surface area contributed by atoms with E-state index in [1.165, 1.54) is 0 Å². The lowest BCUT2D eigenvalue weighted by Crippen LogP contribution is -2.15. The second-order valence-electron chi connectivity index (χ2n) is 4.51. The van der Waals surface area contributed by atoms with E-state index in [-0.39, 0.29) is 5.75 Å². The standard InChI is InChI=1S/C14H14ClIN2O2S/c15-13-7-12(16)4-5-14(13)18-21(19,20)9-11-3-1-2-10(6-11)8-17/h1-7,18H,8-9,17H2. The largest absolute Gasteiger partial charge is 0.326 e. The number of nitrogens with one attached hydrogen (secondary N) is 1. The van der Waals surface area contributed by atoms with Gasteiger partial charge in [0.25, 0.3) is 0 Å². The summed E-state index contributed by atoms with van der Waals surface area (Å²) in [5.41, 5.74) is 7.52. The Bertz CT molecular complexity index is 750. The van der Waals surface area contributed by atoms with Crippen LogP contribution in [0.1, 0.15) is 11.1 Å². The van der Waals surface area contributed by atoms with Gasteiger partial charge in [0.2, 0.25) is 10.0 Å². The fourth-order valence-corrected chi connectivity index (χ4v) is 4.00. The van der Waals surface area contributed by atoms with E-state index in [4.69, 9.17) is 17.3 Å². The van der Waals surface area contributed by atoms with E-state index in [1.54, 1.807) is 36.4 Å². The van der Waals surface area contributed by atoms with Gasteiger partial charge < -0.3 is 5.73 Å². The summed E-state index contributed by atoms with van der Waals surface area (Å²) in [6.07, 6.45) is 0. The van der Waals surface area contributed by atoms with Gasteiger partial charge in [-0.15, -0.1) is 0 Å². The Labute approximate surface area is 142 Å². The van der Waals surface area contributed by atoms with Crippen LogP contribution in [0.2, 0.25) is 5.02 Å². The maximum atomic E-state index is 12.2. The highest BCUT2D eigenvalue weighted by Crippen LogP contribution is 2.25. The summed E-state index contributed by atoms with van der Waals surface area (Å²) in [4.78, 5) is 0. The third-order valence-electron chi connectivity index (χ3n) is 2.78. The molecule has 0 atom stereocenters.